The predicted octanol–water partition coefficient (Wildman–Crippen LogP) is 3.28. The Balaban J connectivity index is 1.42. The Kier molecular flexibility index (Phi) is 7.25. The molecule has 0 saturated carbocycles. The van der Waals surface area contributed by atoms with Crippen LogP contribution in [0.5, 0.6) is 5.75 Å². The zero-order valence-corrected chi connectivity index (χ0v) is 18.0. The van der Waals surface area contributed by atoms with Gasteiger partial charge >= 0.3 is 0 Å². The molecule has 1 N–H and O–H groups in total. The van der Waals surface area contributed by atoms with Crippen molar-refractivity contribution in [3.8, 4) is 5.75 Å². The van der Waals surface area contributed by atoms with E-state index < -0.39 is 0 Å². The molecule has 1 aliphatic rings. The highest BCUT2D eigenvalue weighted by atomic mass is 16.5. The SMILES string of the molecule is Cc1nc(C)n(C[C@H](C)C(=O)Nc2ccc(OCCN3CCC(C)CC3)cc2)n1. The molecule has 7 heteroatoms. The van der Waals surface area contributed by atoms with Crippen molar-refractivity contribution in [2.45, 2.75) is 47.1 Å². The smallest absolute Gasteiger partial charge is 0.229 e. The fourth-order valence-corrected chi connectivity index (χ4v) is 3.55. The van der Waals surface area contributed by atoms with E-state index in [4.69, 9.17) is 4.74 Å². The maximum atomic E-state index is 12.5. The number of nitrogens with one attached hydrogen (secondary N) is 1. The van der Waals surface area contributed by atoms with Gasteiger partial charge in [-0.1, -0.05) is 13.8 Å². The minimum Gasteiger partial charge on any atom is -0.492 e. The predicted molar refractivity (Wildman–Crippen MR) is 114 cm³/mol. The molecule has 0 bridgehead atoms. The number of likely N-dealkylation sites (tertiary alicyclic amines) is 1. The summed E-state index contributed by atoms with van der Waals surface area (Å²) in [4.78, 5) is 19.2. The molecule has 1 aromatic carbocycles. The van der Waals surface area contributed by atoms with Gasteiger partial charge in [-0.05, 0) is 70.0 Å². The van der Waals surface area contributed by atoms with Gasteiger partial charge in [-0.25, -0.2) is 9.67 Å². The third-order valence-electron chi connectivity index (χ3n) is 5.53. The lowest BCUT2D eigenvalue weighted by Crippen LogP contribution is -2.35. The van der Waals surface area contributed by atoms with Gasteiger partial charge in [0.1, 0.15) is 24.0 Å². The Hall–Kier alpha value is -2.41. The third kappa shape index (κ3) is 6.29. The van der Waals surface area contributed by atoms with Crippen LogP contribution in [0.15, 0.2) is 24.3 Å². The summed E-state index contributed by atoms with van der Waals surface area (Å²) < 4.78 is 7.64. The number of rotatable bonds is 8. The summed E-state index contributed by atoms with van der Waals surface area (Å²) in [5.74, 6) is 2.98. The van der Waals surface area contributed by atoms with Gasteiger partial charge in [0.2, 0.25) is 5.91 Å². The van der Waals surface area contributed by atoms with E-state index in [9.17, 15) is 4.79 Å². The lowest BCUT2D eigenvalue weighted by atomic mass is 9.99. The quantitative estimate of drug-likeness (QED) is 0.737. The maximum absolute atomic E-state index is 12.5. The molecule has 2 heterocycles. The van der Waals surface area contributed by atoms with Gasteiger partial charge in [-0.3, -0.25) is 9.69 Å². The van der Waals surface area contributed by atoms with Crippen LogP contribution in [-0.4, -0.2) is 51.8 Å². The fourth-order valence-electron chi connectivity index (χ4n) is 3.55. The second-order valence-corrected chi connectivity index (χ2v) is 8.18. The lowest BCUT2D eigenvalue weighted by molar-refractivity contribution is -0.119. The topological polar surface area (TPSA) is 72.3 Å². The third-order valence-corrected chi connectivity index (χ3v) is 5.53. The molecule has 2 aromatic rings. The van der Waals surface area contributed by atoms with Gasteiger partial charge in [0, 0.05) is 12.2 Å². The monoisotopic (exact) mass is 399 g/mol. The van der Waals surface area contributed by atoms with Crippen molar-refractivity contribution in [2.75, 3.05) is 31.6 Å². The van der Waals surface area contributed by atoms with Gasteiger partial charge in [-0.15, -0.1) is 0 Å². The second-order valence-electron chi connectivity index (χ2n) is 8.18. The first-order chi connectivity index (χ1) is 13.9. The molecule has 0 radical (unpaired) electrons. The van der Waals surface area contributed by atoms with Gasteiger partial charge in [0.25, 0.3) is 0 Å². The molecule has 0 unspecified atom stereocenters. The highest BCUT2D eigenvalue weighted by Gasteiger charge is 2.17. The summed E-state index contributed by atoms with van der Waals surface area (Å²) in [5.41, 5.74) is 0.769. The van der Waals surface area contributed by atoms with Gasteiger partial charge in [0.05, 0.1) is 12.5 Å². The number of carbonyl (C=O) groups is 1. The standard InChI is InChI=1S/C22H33N5O2/c1-16-9-11-26(12-10-16)13-14-29-21-7-5-20(6-8-21)24-22(28)17(2)15-27-19(4)23-18(3)25-27/h5-8,16-17H,9-15H2,1-4H3,(H,24,28)/t17-/m0/s1. The first-order valence-electron chi connectivity index (χ1n) is 10.5. The lowest BCUT2D eigenvalue weighted by Gasteiger charge is -2.29. The Morgan fingerprint density at radius 1 is 1.24 bits per heavy atom. The molecule has 3 rings (SSSR count). The molecule has 7 nitrogen and oxygen atoms in total. The van der Waals surface area contributed by atoms with E-state index in [0.717, 1.165) is 35.5 Å². The summed E-state index contributed by atoms with van der Waals surface area (Å²) >= 11 is 0. The number of benzene rings is 1. The molecule has 1 aromatic heterocycles. The van der Waals surface area contributed by atoms with Crippen LogP contribution >= 0.6 is 0 Å². The molecule has 0 spiro atoms. The minimum absolute atomic E-state index is 0.0365. The number of ether oxygens (including phenoxy) is 1. The summed E-state index contributed by atoms with van der Waals surface area (Å²) in [6.07, 6.45) is 2.56. The average molecular weight is 400 g/mol. The summed E-state index contributed by atoms with van der Waals surface area (Å²) in [6, 6.07) is 7.58. The normalized spacial score (nSPS) is 16.6. The van der Waals surface area contributed by atoms with Crippen molar-refractivity contribution in [1.29, 1.82) is 0 Å². The van der Waals surface area contributed by atoms with Crippen LogP contribution in [0.1, 0.15) is 38.3 Å². The zero-order chi connectivity index (χ0) is 20.8. The van der Waals surface area contributed by atoms with E-state index in [-0.39, 0.29) is 11.8 Å². The maximum Gasteiger partial charge on any atom is 0.229 e. The van der Waals surface area contributed by atoms with Gasteiger partial charge in [-0.2, -0.15) is 5.10 Å². The zero-order valence-electron chi connectivity index (χ0n) is 18.0. The van der Waals surface area contributed by atoms with E-state index in [2.05, 4.69) is 27.2 Å². The van der Waals surface area contributed by atoms with Crippen molar-refractivity contribution in [1.82, 2.24) is 19.7 Å². The number of nitrogens with zero attached hydrogens (tertiary/aromatic N) is 4. The molecule has 1 atom stereocenters. The van der Waals surface area contributed by atoms with Crippen LogP contribution in [0, 0.1) is 25.7 Å². The Labute approximate surface area is 173 Å². The summed E-state index contributed by atoms with van der Waals surface area (Å²) in [7, 11) is 0. The number of aromatic nitrogens is 3. The molecular formula is C22H33N5O2. The van der Waals surface area contributed by atoms with Crippen LogP contribution in [-0.2, 0) is 11.3 Å². The van der Waals surface area contributed by atoms with Crippen molar-refractivity contribution in [3.63, 3.8) is 0 Å². The number of hydrogen-bond donors (Lipinski definition) is 1. The van der Waals surface area contributed by atoms with Gasteiger partial charge < -0.3 is 10.1 Å². The molecule has 29 heavy (non-hydrogen) atoms. The largest absolute Gasteiger partial charge is 0.492 e. The molecule has 0 aliphatic carbocycles. The summed E-state index contributed by atoms with van der Waals surface area (Å²) in [5, 5.41) is 7.29. The van der Waals surface area contributed by atoms with Crippen LogP contribution in [0.25, 0.3) is 0 Å². The minimum atomic E-state index is -0.210. The number of hydrogen-bond acceptors (Lipinski definition) is 5. The number of anilines is 1. The van der Waals surface area contributed by atoms with E-state index in [0.29, 0.717) is 13.2 Å². The second kappa shape index (κ2) is 9.87. The molecule has 158 valence electrons. The highest BCUT2D eigenvalue weighted by Crippen LogP contribution is 2.18. The van der Waals surface area contributed by atoms with Crippen LogP contribution in [0.3, 0.4) is 0 Å². The Bertz CT molecular complexity index is 794. The molecule has 1 saturated heterocycles. The number of piperidine rings is 1. The first kappa shape index (κ1) is 21.3. The van der Waals surface area contributed by atoms with Crippen LogP contribution < -0.4 is 10.1 Å². The molecule has 1 fully saturated rings. The summed E-state index contributed by atoms with van der Waals surface area (Å²) in [6.45, 7) is 12.5. The van der Waals surface area contributed by atoms with Crippen LogP contribution in [0.2, 0.25) is 0 Å². The Morgan fingerprint density at radius 3 is 2.55 bits per heavy atom. The first-order valence-corrected chi connectivity index (χ1v) is 10.5. The van der Waals surface area contributed by atoms with Crippen molar-refractivity contribution < 1.29 is 9.53 Å². The van der Waals surface area contributed by atoms with E-state index >= 15 is 0 Å². The highest BCUT2D eigenvalue weighted by molar-refractivity contribution is 5.92. The number of aryl methyl sites for hydroxylation is 2. The fraction of sp³-hybridized carbons (Fsp3) is 0.591. The average Bonchev–Trinajstić information content (AvgIpc) is 3.01. The Morgan fingerprint density at radius 2 is 1.93 bits per heavy atom. The van der Waals surface area contributed by atoms with Gasteiger partial charge in [0.15, 0.2) is 0 Å². The number of carbonyl (C=O) groups excluding carboxylic acids is 1. The van der Waals surface area contributed by atoms with E-state index in [1.54, 1.807) is 4.68 Å². The molecule has 1 aliphatic heterocycles. The van der Waals surface area contributed by atoms with Crippen molar-refractivity contribution in [2.24, 2.45) is 11.8 Å². The molecular weight excluding hydrogens is 366 g/mol. The number of amides is 1. The van der Waals surface area contributed by atoms with Crippen LogP contribution in [0.4, 0.5) is 5.69 Å². The van der Waals surface area contributed by atoms with E-state index in [1.807, 2.05) is 45.0 Å². The van der Waals surface area contributed by atoms with Crippen molar-refractivity contribution >= 4 is 11.6 Å². The molecule has 1 amide bonds. The van der Waals surface area contributed by atoms with Crippen molar-refractivity contribution in [3.05, 3.63) is 35.9 Å². The van der Waals surface area contributed by atoms with E-state index in [1.165, 1.54) is 25.9 Å².